The van der Waals surface area contributed by atoms with E-state index in [2.05, 4.69) is 12.2 Å². The van der Waals surface area contributed by atoms with Gasteiger partial charge in [-0.3, -0.25) is 0 Å². The van der Waals surface area contributed by atoms with Crippen LogP contribution < -0.4 is 14.8 Å². The van der Waals surface area contributed by atoms with Gasteiger partial charge in [0, 0.05) is 37.7 Å². The highest BCUT2D eigenvalue weighted by Crippen LogP contribution is 2.46. The van der Waals surface area contributed by atoms with Crippen LogP contribution >= 0.6 is 0 Å². The van der Waals surface area contributed by atoms with Gasteiger partial charge >= 0.3 is 6.03 Å². The second kappa shape index (κ2) is 7.95. The lowest BCUT2D eigenvalue weighted by molar-refractivity contribution is -0.105. The largest absolute Gasteiger partial charge is 0.448 e. The molecule has 0 saturated heterocycles. The number of unbranched alkanes of at least 4 members (excludes halogenated alkanes) is 1. The van der Waals surface area contributed by atoms with Crippen molar-refractivity contribution in [3.8, 4) is 11.5 Å². The molecule has 6 heteroatoms. The highest BCUT2D eigenvalue weighted by atomic mass is 16.7. The van der Waals surface area contributed by atoms with Gasteiger partial charge in [-0.25, -0.2) is 4.79 Å². The second-order valence-corrected chi connectivity index (χ2v) is 6.83. The fraction of sp³-hybridized carbons (Fsp3) is 0.632. The Bertz CT molecular complexity index is 599. The fourth-order valence-corrected chi connectivity index (χ4v) is 3.45. The first kappa shape index (κ1) is 17.9. The summed E-state index contributed by atoms with van der Waals surface area (Å²) in [4.78, 5) is 14.1. The van der Waals surface area contributed by atoms with Crippen LogP contribution in [0.3, 0.4) is 0 Å². The van der Waals surface area contributed by atoms with Crippen LogP contribution in [0.5, 0.6) is 11.5 Å². The van der Waals surface area contributed by atoms with Crippen molar-refractivity contribution in [1.82, 2.24) is 4.90 Å². The molecule has 0 radical (unpaired) electrons. The van der Waals surface area contributed by atoms with Gasteiger partial charge < -0.3 is 24.8 Å². The van der Waals surface area contributed by atoms with Gasteiger partial charge in [-0.05, 0) is 31.4 Å². The number of amides is 2. The van der Waals surface area contributed by atoms with Crippen LogP contribution in [0.2, 0.25) is 0 Å². The SMILES string of the molecule is CCCCN(CCO)C(=O)Nc1ccc2c(c1)OC1(CCCCC1)O2. The lowest BCUT2D eigenvalue weighted by atomic mass is 9.94. The quantitative estimate of drug-likeness (QED) is 0.821. The van der Waals surface area contributed by atoms with E-state index in [0.717, 1.165) is 44.3 Å². The van der Waals surface area contributed by atoms with E-state index < -0.39 is 5.79 Å². The Kier molecular flexibility index (Phi) is 5.68. The molecule has 0 unspecified atom stereocenters. The first-order valence-electron chi connectivity index (χ1n) is 9.35. The second-order valence-electron chi connectivity index (χ2n) is 6.83. The molecule has 1 aromatic rings. The Labute approximate surface area is 149 Å². The third-order valence-corrected chi connectivity index (χ3v) is 4.84. The van der Waals surface area contributed by atoms with Crippen molar-refractivity contribution in [2.24, 2.45) is 0 Å². The number of urea groups is 1. The van der Waals surface area contributed by atoms with Gasteiger partial charge in [0.1, 0.15) is 0 Å². The van der Waals surface area contributed by atoms with Gasteiger partial charge in [0.15, 0.2) is 11.5 Å². The summed E-state index contributed by atoms with van der Waals surface area (Å²) in [7, 11) is 0. The highest BCUT2D eigenvalue weighted by molar-refractivity contribution is 5.89. The van der Waals surface area contributed by atoms with E-state index in [1.165, 1.54) is 6.42 Å². The number of hydrogen-bond acceptors (Lipinski definition) is 4. The summed E-state index contributed by atoms with van der Waals surface area (Å²) in [6.07, 6.45) is 7.19. The van der Waals surface area contributed by atoms with E-state index in [1.54, 1.807) is 4.90 Å². The number of nitrogens with one attached hydrogen (secondary N) is 1. The van der Waals surface area contributed by atoms with Gasteiger partial charge in [-0.15, -0.1) is 0 Å². The summed E-state index contributed by atoms with van der Waals surface area (Å²) in [5.74, 6) is 0.938. The van der Waals surface area contributed by atoms with Crippen molar-refractivity contribution in [3.05, 3.63) is 18.2 Å². The Morgan fingerprint density at radius 1 is 1.20 bits per heavy atom. The molecule has 2 aliphatic rings. The van der Waals surface area contributed by atoms with E-state index in [-0.39, 0.29) is 12.6 Å². The Hall–Kier alpha value is -1.95. The van der Waals surface area contributed by atoms with Crippen LogP contribution in [0.4, 0.5) is 10.5 Å². The summed E-state index contributed by atoms with van der Waals surface area (Å²) in [5.41, 5.74) is 0.680. The molecule has 1 aliphatic carbocycles. The summed E-state index contributed by atoms with van der Waals surface area (Å²) in [6, 6.07) is 5.32. The molecule has 1 saturated carbocycles. The standard InChI is InChI=1S/C19H28N2O4/c1-2-3-11-21(12-13-22)18(23)20-15-7-8-16-17(14-15)25-19(24-16)9-5-4-6-10-19/h7-8,14,22H,2-6,9-13H2,1H3,(H,20,23). The molecule has 0 bridgehead atoms. The van der Waals surface area contributed by atoms with Gasteiger partial charge in [-0.2, -0.15) is 0 Å². The minimum Gasteiger partial charge on any atom is -0.448 e. The number of aliphatic hydroxyl groups is 1. The molecule has 1 aliphatic heterocycles. The third kappa shape index (κ3) is 4.18. The topological polar surface area (TPSA) is 71.0 Å². The number of benzene rings is 1. The minimum atomic E-state index is -0.507. The van der Waals surface area contributed by atoms with Gasteiger partial charge in [0.2, 0.25) is 0 Å². The van der Waals surface area contributed by atoms with Crippen molar-refractivity contribution in [1.29, 1.82) is 0 Å². The molecular formula is C19H28N2O4. The molecule has 1 fully saturated rings. The molecule has 1 spiro atoms. The predicted molar refractivity (Wildman–Crippen MR) is 96.1 cm³/mol. The van der Waals surface area contributed by atoms with Crippen molar-refractivity contribution >= 4 is 11.7 Å². The number of fused-ring (bicyclic) bond motifs is 1. The summed E-state index contributed by atoms with van der Waals surface area (Å²) in [5, 5.41) is 12.1. The number of nitrogens with zero attached hydrogens (tertiary/aromatic N) is 1. The van der Waals surface area contributed by atoms with E-state index in [1.807, 2.05) is 18.2 Å². The summed E-state index contributed by atoms with van der Waals surface area (Å²) >= 11 is 0. The van der Waals surface area contributed by atoms with Gasteiger partial charge in [0.05, 0.1) is 6.61 Å². The normalized spacial score (nSPS) is 17.5. The van der Waals surface area contributed by atoms with Crippen LogP contribution in [0, 0.1) is 0 Å². The van der Waals surface area contributed by atoms with Gasteiger partial charge in [-0.1, -0.05) is 19.8 Å². The molecule has 2 amide bonds. The molecule has 25 heavy (non-hydrogen) atoms. The fourth-order valence-electron chi connectivity index (χ4n) is 3.45. The summed E-state index contributed by atoms with van der Waals surface area (Å²) < 4.78 is 12.2. The van der Waals surface area contributed by atoms with Crippen molar-refractivity contribution in [2.75, 3.05) is 25.0 Å². The zero-order valence-electron chi connectivity index (χ0n) is 14.9. The number of rotatable bonds is 6. The number of hydrogen-bond donors (Lipinski definition) is 2. The molecule has 138 valence electrons. The monoisotopic (exact) mass is 348 g/mol. The maximum atomic E-state index is 12.4. The van der Waals surface area contributed by atoms with E-state index in [4.69, 9.17) is 14.6 Å². The highest BCUT2D eigenvalue weighted by Gasteiger charge is 2.42. The zero-order valence-corrected chi connectivity index (χ0v) is 14.9. The Morgan fingerprint density at radius 2 is 1.96 bits per heavy atom. The predicted octanol–water partition coefficient (Wildman–Crippen LogP) is 3.74. The van der Waals surface area contributed by atoms with E-state index in [0.29, 0.717) is 24.5 Å². The first-order chi connectivity index (χ1) is 12.2. The molecule has 2 N–H and O–H groups in total. The summed E-state index contributed by atoms with van der Waals surface area (Å²) in [6.45, 7) is 3.00. The van der Waals surface area contributed by atoms with Crippen LogP contribution in [0.25, 0.3) is 0 Å². The zero-order chi connectivity index (χ0) is 17.7. The van der Waals surface area contributed by atoms with Crippen LogP contribution in [-0.2, 0) is 0 Å². The maximum Gasteiger partial charge on any atom is 0.321 e. The lowest BCUT2D eigenvalue weighted by Gasteiger charge is -2.31. The average Bonchev–Trinajstić information content (AvgIpc) is 2.95. The maximum absolute atomic E-state index is 12.4. The number of ether oxygens (including phenoxy) is 2. The Balaban J connectivity index is 1.65. The molecule has 6 nitrogen and oxygen atoms in total. The van der Waals surface area contributed by atoms with Gasteiger partial charge in [0.25, 0.3) is 5.79 Å². The van der Waals surface area contributed by atoms with Crippen molar-refractivity contribution in [3.63, 3.8) is 0 Å². The van der Waals surface area contributed by atoms with E-state index in [9.17, 15) is 4.79 Å². The number of carbonyl (C=O) groups is 1. The number of aliphatic hydroxyl groups excluding tert-OH is 1. The molecule has 0 atom stereocenters. The Morgan fingerprint density at radius 3 is 2.68 bits per heavy atom. The molecule has 1 aromatic carbocycles. The smallest absolute Gasteiger partial charge is 0.321 e. The van der Waals surface area contributed by atoms with Crippen molar-refractivity contribution in [2.45, 2.75) is 57.7 Å². The van der Waals surface area contributed by atoms with Crippen LogP contribution in [0.1, 0.15) is 51.9 Å². The van der Waals surface area contributed by atoms with Crippen LogP contribution in [0.15, 0.2) is 18.2 Å². The lowest BCUT2D eigenvalue weighted by Crippen LogP contribution is -2.40. The first-order valence-corrected chi connectivity index (χ1v) is 9.35. The molecular weight excluding hydrogens is 320 g/mol. The number of anilines is 1. The van der Waals surface area contributed by atoms with Crippen molar-refractivity contribution < 1.29 is 19.4 Å². The molecule has 0 aromatic heterocycles. The average molecular weight is 348 g/mol. The number of carbonyl (C=O) groups excluding carboxylic acids is 1. The van der Waals surface area contributed by atoms with E-state index >= 15 is 0 Å². The molecule has 3 rings (SSSR count). The minimum absolute atomic E-state index is 0.0409. The van der Waals surface area contributed by atoms with Crippen LogP contribution in [-0.4, -0.2) is 41.5 Å². The molecule has 1 heterocycles. The third-order valence-electron chi connectivity index (χ3n) is 4.84.